The number of carbonyl (C=O) groups is 1. The highest BCUT2D eigenvalue weighted by atomic mass is 79.9. The summed E-state index contributed by atoms with van der Waals surface area (Å²) < 4.78 is 10.9. The summed E-state index contributed by atoms with van der Waals surface area (Å²) in [5.74, 6) is -0.0262. The first kappa shape index (κ1) is 22.4. The van der Waals surface area contributed by atoms with Crippen LogP contribution >= 0.6 is 27.5 Å². The first-order valence-corrected chi connectivity index (χ1v) is 10.9. The molecule has 0 aliphatic carbocycles. The van der Waals surface area contributed by atoms with Gasteiger partial charge in [-0.15, -0.1) is 0 Å². The van der Waals surface area contributed by atoms with Gasteiger partial charge in [0.1, 0.15) is 17.1 Å². The van der Waals surface area contributed by atoms with Crippen molar-refractivity contribution in [2.24, 2.45) is 0 Å². The number of nitrogens with zero attached hydrogens (tertiary/aromatic N) is 2. The third-order valence-corrected chi connectivity index (χ3v) is 6.53. The number of methoxy groups -OCH3 is 2. The van der Waals surface area contributed by atoms with Crippen molar-refractivity contribution >= 4 is 33.4 Å². The predicted molar refractivity (Wildman–Crippen MR) is 123 cm³/mol. The monoisotopic (exact) mass is 521 g/mol. The lowest BCUT2D eigenvalue weighted by Gasteiger charge is -2.27. The van der Waals surface area contributed by atoms with Crippen molar-refractivity contribution in [2.75, 3.05) is 27.4 Å². The number of benzene rings is 2. The van der Waals surface area contributed by atoms with Gasteiger partial charge in [-0.05, 0) is 58.2 Å². The van der Waals surface area contributed by atoms with Crippen molar-refractivity contribution in [1.29, 1.82) is 0 Å². The molecule has 0 spiro atoms. The summed E-state index contributed by atoms with van der Waals surface area (Å²) in [6.07, 6.45) is 0. The maximum absolute atomic E-state index is 13.3. The molecule has 3 N–H and O–H groups in total. The standard InChI is InChI=1S/C22H21BrClN3O5/c1-10-6-15(28)12(9-14(10)24)18-17-19(26-25-18)22(30)27(4-5-31-2)20(17)11-7-13(23)21(29)16(8-11)32-3/h6-9,20,28-29H,4-5H2,1-3H3,(H,25,26)/t20-/m0/s1. The molecule has 2 aromatic carbocycles. The number of fused-ring (bicyclic) bond motifs is 1. The van der Waals surface area contributed by atoms with Crippen molar-refractivity contribution in [1.82, 2.24) is 15.1 Å². The van der Waals surface area contributed by atoms with Gasteiger partial charge >= 0.3 is 0 Å². The van der Waals surface area contributed by atoms with Crippen LogP contribution in [0.2, 0.25) is 5.02 Å². The van der Waals surface area contributed by atoms with E-state index in [1.165, 1.54) is 7.11 Å². The third kappa shape index (κ3) is 3.60. The van der Waals surface area contributed by atoms with Gasteiger partial charge in [-0.1, -0.05) is 11.6 Å². The predicted octanol–water partition coefficient (Wildman–Crippen LogP) is 4.41. The van der Waals surface area contributed by atoms with E-state index in [0.717, 1.165) is 5.56 Å². The second kappa shape index (κ2) is 8.65. The Hall–Kier alpha value is -2.75. The fraction of sp³-hybridized carbons (Fsp3) is 0.273. The number of hydrogen-bond donors (Lipinski definition) is 3. The van der Waals surface area contributed by atoms with Gasteiger partial charge in [-0.3, -0.25) is 9.89 Å². The van der Waals surface area contributed by atoms with Crippen molar-refractivity contribution in [3.8, 4) is 28.5 Å². The number of rotatable bonds is 6. The maximum Gasteiger partial charge on any atom is 0.273 e. The van der Waals surface area contributed by atoms with E-state index < -0.39 is 6.04 Å². The highest BCUT2D eigenvalue weighted by Gasteiger charge is 2.42. The summed E-state index contributed by atoms with van der Waals surface area (Å²) in [4.78, 5) is 14.9. The van der Waals surface area contributed by atoms with E-state index in [2.05, 4.69) is 26.1 Å². The van der Waals surface area contributed by atoms with Crippen molar-refractivity contribution in [2.45, 2.75) is 13.0 Å². The van der Waals surface area contributed by atoms with E-state index in [0.29, 0.717) is 50.7 Å². The van der Waals surface area contributed by atoms with Crippen LogP contribution in [0.15, 0.2) is 28.7 Å². The molecular weight excluding hydrogens is 502 g/mol. The minimum absolute atomic E-state index is 0.00667. The van der Waals surface area contributed by atoms with Gasteiger partial charge in [-0.2, -0.15) is 5.10 Å². The Morgan fingerprint density at radius 1 is 1.25 bits per heavy atom. The molecule has 8 nitrogen and oxygen atoms in total. The maximum atomic E-state index is 13.3. The number of amides is 1. The molecule has 2 heterocycles. The number of aromatic amines is 1. The Labute approximate surface area is 197 Å². The van der Waals surface area contributed by atoms with Crippen LogP contribution in [0.4, 0.5) is 0 Å². The van der Waals surface area contributed by atoms with Gasteiger partial charge < -0.3 is 24.6 Å². The summed E-state index contributed by atoms with van der Waals surface area (Å²) in [7, 11) is 3.02. The Bertz CT molecular complexity index is 1210. The molecule has 3 aromatic rings. The van der Waals surface area contributed by atoms with Gasteiger partial charge in [-0.25, -0.2) is 0 Å². The SMILES string of the molecule is COCCN1C(=O)c2[nH]nc(-c3cc(Cl)c(C)cc3O)c2[C@@H]1c1cc(Br)c(O)c(OC)c1. The van der Waals surface area contributed by atoms with Gasteiger partial charge in [0.2, 0.25) is 0 Å². The molecule has 32 heavy (non-hydrogen) atoms. The molecule has 1 amide bonds. The second-order valence-corrected chi connectivity index (χ2v) is 8.69. The minimum atomic E-state index is -0.563. The third-order valence-electron chi connectivity index (χ3n) is 5.52. The van der Waals surface area contributed by atoms with Crippen LogP contribution in [0, 0.1) is 6.92 Å². The Kier molecular flexibility index (Phi) is 6.07. The number of nitrogens with one attached hydrogen (secondary N) is 1. The summed E-state index contributed by atoms with van der Waals surface area (Å²) in [5.41, 5.74) is 3.16. The topological polar surface area (TPSA) is 108 Å². The Morgan fingerprint density at radius 2 is 2.00 bits per heavy atom. The molecule has 1 aliphatic heterocycles. The number of phenols is 2. The molecule has 0 fully saturated rings. The number of H-pyrrole nitrogens is 1. The lowest BCUT2D eigenvalue weighted by molar-refractivity contribution is 0.0677. The molecule has 0 unspecified atom stereocenters. The van der Waals surface area contributed by atoms with Crippen LogP contribution in [0.3, 0.4) is 0 Å². The minimum Gasteiger partial charge on any atom is -0.507 e. The molecule has 0 saturated carbocycles. The number of aromatic nitrogens is 2. The van der Waals surface area contributed by atoms with Crippen LogP contribution in [-0.2, 0) is 4.74 Å². The zero-order valence-corrected chi connectivity index (χ0v) is 19.9. The summed E-state index contributed by atoms with van der Waals surface area (Å²) in [6.45, 7) is 2.44. The first-order valence-electron chi connectivity index (χ1n) is 9.72. The van der Waals surface area contributed by atoms with Crippen LogP contribution in [0.1, 0.15) is 33.2 Å². The second-order valence-electron chi connectivity index (χ2n) is 7.43. The molecule has 4 rings (SSSR count). The number of hydrogen-bond acceptors (Lipinski definition) is 6. The molecule has 1 aliphatic rings. The van der Waals surface area contributed by atoms with Crippen LogP contribution in [-0.4, -0.2) is 58.6 Å². The largest absolute Gasteiger partial charge is 0.507 e. The summed E-state index contributed by atoms with van der Waals surface area (Å²) in [5, 5.41) is 28.5. The van der Waals surface area contributed by atoms with E-state index in [1.54, 1.807) is 43.2 Å². The quantitative estimate of drug-likeness (QED) is 0.443. The lowest BCUT2D eigenvalue weighted by atomic mass is 9.95. The van der Waals surface area contributed by atoms with Crippen LogP contribution < -0.4 is 4.74 Å². The average molecular weight is 523 g/mol. The zero-order chi connectivity index (χ0) is 23.2. The number of carbonyl (C=O) groups excluding carboxylic acids is 1. The number of ether oxygens (including phenoxy) is 2. The van der Waals surface area contributed by atoms with Gasteiger partial charge in [0.15, 0.2) is 11.5 Å². The Morgan fingerprint density at radius 3 is 2.69 bits per heavy atom. The van der Waals surface area contributed by atoms with Gasteiger partial charge in [0, 0.05) is 29.8 Å². The van der Waals surface area contributed by atoms with Gasteiger partial charge in [0.25, 0.3) is 5.91 Å². The molecule has 1 aromatic heterocycles. The number of aryl methyl sites for hydroxylation is 1. The van der Waals surface area contributed by atoms with Crippen molar-refractivity contribution < 1.29 is 24.5 Å². The number of aromatic hydroxyl groups is 2. The molecule has 1 atom stereocenters. The van der Waals surface area contributed by atoms with E-state index in [1.807, 2.05) is 0 Å². The molecule has 0 radical (unpaired) electrons. The fourth-order valence-electron chi connectivity index (χ4n) is 3.93. The molecule has 168 valence electrons. The molecule has 10 heteroatoms. The van der Waals surface area contributed by atoms with Gasteiger partial charge in [0.05, 0.1) is 24.2 Å². The van der Waals surface area contributed by atoms with Crippen LogP contribution in [0.25, 0.3) is 11.3 Å². The molecular formula is C22H21BrClN3O5. The fourth-order valence-corrected chi connectivity index (χ4v) is 4.56. The normalized spacial score (nSPS) is 15.3. The lowest BCUT2D eigenvalue weighted by Crippen LogP contribution is -2.32. The van der Waals surface area contributed by atoms with E-state index in [9.17, 15) is 15.0 Å². The molecule has 0 saturated heterocycles. The highest BCUT2D eigenvalue weighted by molar-refractivity contribution is 9.10. The van der Waals surface area contributed by atoms with E-state index >= 15 is 0 Å². The van der Waals surface area contributed by atoms with Crippen molar-refractivity contribution in [3.05, 3.63) is 56.1 Å². The summed E-state index contributed by atoms with van der Waals surface area (Å²) >= 11 is 9.67. The summed E-state index contributed by atoms with van der Waals surface area (Å²) in [6, 6.07) is 6.03. The van der Waals surface area contributed by atoms with E-state index in [-0.39, 0.29) is 23.2 Å². The average Bonchev–Trinajstić information content (AvgIpc) is 3.30. The van der Waals surface area contributed by atoms with E-state index in [4.69, 9.17) is 21.1 Å². The molecule has 0 bridgehead atoms. The Balaban J connectivity index is 1.94. The smallest absolute Gasteiger partial charge is 0.273 e. The number of phenolic OH excluding ortho intramolecular Hbond substituents is 2. The van der Waals surface area contributed by atoms with Crippen LogP contribution in [0.5, 0.6) is 17.2 Å². The number of halogens is 2. The van der Waals surface area contributed by atoms with Crippen molar-refractivity contribution in [3.63, 3.8) is 0 Å². The zero-order valence-electron chi connectivity index (χ0n) is 17.6. The highest BCUT2D eigenvalue weighted by Crippen LogP contribution is 2.47. The first-order chi connectivity index (χ1) is 15.3.